The molecule has 1 aromatic heterocycles. The molecule has 0 radical (unpaired) electrons. The summed E-state index contributed by atoms with van der Waals surface area (Å²) >= 11 is 0. The van der Waals surface area contributed by atoms with E-state index in [0.717, 1.165) is 25.6 Å². The van der Waals surface area contributed by atoms with Gasteiger partial charge >= 0.3 is 0 Å². The van der Waals surface area contributed by atoms with Gasteiger partial charge in [-0.15, -0.1) is 0 Å². The van der Waals surface area contributed by atoms with Gasteiger partial charge in [0.05, 0.1) is 0 Å². The predicted molar refractivity (Wildman–Crippen MR) is 77.5 cm³/mol. The van der Waals surface area contributed by atoms with Crippen molar-refractivity contribution >= 4 is 5.82 Å². The molecule has 1 saturated carbocycles. The fraction of sp³-hybridized carbons (Fsp3) is 0.714. The molecule has 1 heterocycles. The molecule has 1 aromatic rings. The van der Waals surface area contributed by atoms with Crippen LogP contribution in [-0.2, 0) is 6.54 Å². The Morgan fingerprint density at radius 1 is 1.58 bits per heavy atom. The van der Waals surface area contributed by atoms with Crippen LogP contribution in [0, 0.1) is 0 Å². The minimum absolute atomic E-state index is 0.0226. The van der Waals surface area contributed by atoms with Gasteiger partial charge < -0.3 is 9.88 Å². The van der Waals surface area contributed by atoms with Crippen molar-refractivity contribution in [3.05, 3.63) is 22.7 Å². The maximum absolute atomic E-state index is 12.1. The second-order valence-corrected chi connectivity index (χ2v) is 5.40. The molecule has 5 heteroatoms. The van der Waals surface area contributed by atoms with E-state index in [0.29, 0.717) is 11.9 Å². The van der Waals surface area contributed by atoms with E-state index in [4.69, 9.17) is 0 Å². The topological polar surface area (TPSA) is 50.2 Å². The third-order valence-corrected chi connectivity index (χ3v) is 3.76. The van der Waals surface area contributed by atoms with Crippen molar-refractivity contribution < 1.29 is 0 Å². The minimum Gasteiger partial charge on any atom is -0.364 e. The highest BCUT2D eigenvalue weighted by Gasteiger charge is 2.28. The van der Waals surface area contributed by atoms with Gasteiger partial charge in [-0.3, -0.25) is 9.69 Å². The van der Waals surface area contributed by atoms with Crippen molar-refractivity contribution in [2.45, 2.75) is 51.7 Å². The van der Waals surface area contributed by atoms with Crippen LogP contribution in [-0.4, -0.2) is 40.1 Å². The number of aryl methyl sites for hydroxylation is 1. The van der Waals surface area contributed by atoms with E-state index in [9.17, 15) is 4.79 Å². The summed E-state index contributed by atoms with van der Waals surface area (Å²) in [7, 11) is 2.15. The number of anilines is 1. The summed E-state index contributed by atoms with van der Waals surface area (Å²) in [5.74, 6) is 0.465. The molecular formula is C14H24N4O. The average Bonchev–Trinajstić information content (AvgIpc) is 3.23. The SMILES string of the molecule is CCCn1ccnc(NCC(C)N(C)C2CC2)c1=O. The molecule has 0 amide bonds. The van der Waals surface area contributed by atoms with Gasteiger partial charge in [0.25, 0.3) is 5.56 Å². The summed E-state index contributed by atoms with van der Waals surface area (Å²) in [4.78, 5) is 18.6. The number of nitrogens with zero attached hydrogens (tertiary/aromatic N) is 3. The number of nitrogens with one attached hydrogen (secondary N) is 1. The van der Waals surface area contributed by atoms with Gasteiger partial charge in [0.15, 0.2) is 5.82 Å². The fourth-order valence-electron chi connectivity index (χ4n) is 2.22. The second-order valence-electron chi connectivity index (χ2n) is 5.40. The lowest BCUT2D eigenvalue weighted by atomic mass is 10.3. The molecule has 5 nitrogen and oxygen atoms in total. The molecule has 1 aliphatic rings. The van der Waals surface area contributed by atoms with Crippen molar-refractivity contribution in [2.75, 3.05) is 18.9 Å². The summed E-state index contributed by atoms with van der Waals surface area (Å²) in [6.45, 7) is 5.74. The van der Waals surface area contributed by atoms with Crippen LogP contribution >= 0.6 is 0 Å². The average molecular weight is 264 g/mol. The molecule has 2 rings (SSSR count). The fourth-order valence-corrected chi connectivity index (χ4v) is 2.22. The Balaban J connectivity index is 1.95. The molecule has 0 bridgehead atoms. The van der Waals surface area contributed by atoms with Crippen molar-refractivity contribution in [1.29, 1.82) is 0 Å². The quantitative estimate of drug-likeness (QED) is 0.812. The van der Waals surface area contributed by atoms with E-state index in [-0.39, 0.29) is 5.56 Å². The van der Waals surface area contributed by atoms with Crippen molar-refractivity contribution in [3.8, 4) is 0 Å². The van der Waals surface area contributed by atoms with Gasteiger partial charge in [-0.2, -0.15) is 0 Å². The molecule has 19 heavy (non-hydrogen) atoms. The second kappa shape index (κ2) is 6.19. The van der Waals surface area contributed by atoms with Crippen LogP contribution in [0.1, 0.15) is 33.1 Å². The molecule has 1 atom stereocenters. The third kappa shape index (κ3) is 3.56. The van der Waals surface area contributed by atoms with E-state index >= 15 is 0 Å². The standard InChI is InChI=1S/C14H24N4O/c1-4-8-18-9-7-15-13(14(18)19)16-10-11(2)17(3)12-5-6-12/h7,9,11-12H,4-6,8,10H2,1-3H3,(H,15,16). The number of likely N-dealkylation sites (N-methyl/N-ethyl adjacent to an activating group) is 1. The van der Waals surface area contributed by atoms with Gasteiger partial charge in [0, 0.05) is 37.6 Å². The zero-order valence-electron chi connectivity index (χ0n) is 12.1. The van der Waals surface area contributed by atoms with Crippen LogP contribution in [0.15, 0.2) is 17.2 Å². The van der Waals surface area contributed by atoms with Gasteiger partial charge in [-0.05, 0) is 33.2 Å². The largest absolute Gasteiger partial charge is 0.364 e. The first-order valence-corrected chi connectivity index (χ1v) is 7.14. The molecule has 0 aliphatic heterocycles. The maximum atomic E-state index is 12.1. The Bertz CT molecular complexity index is 467. The molecule has 1 N–H and O–H groups in total. The van der Waals surface area contributed by atoms with Crippen LogP contribution < -0.4 is 10.9 Å². The highest BCUT2D eigenvalue weighted by Crippen LogP contribution is 2.26. The first-order valence-electron chi connectivity index (χ1n) is 7.14. The first-order chi connectivity index (χ1) is 9.13. The lowest BCUT2D eigenvalue weighted by molar-refractivity contribution is 0.257. The molecule has 106 valence electrons. The van der Waals surface area contributed by atoms with Gasteiger partial charge in [0.2, 0.25) is 0 Å². The molecule has 1 fully saturated rings. The summed E-state index contributed by atoms with van der Waals surface area (Å²) in [5.41, 5.74) is -0.0226. The van der Waals surface area contributed by atoms with Gasteiger partial charge in [-0.25, -0.2) is 4.98 Å². The van der Waals surface area contributed by atoms with Crippen LogP contribution in [0.4, 0.5) is 5.82 Å². The minimum atomic E-state index is -0.0226. The number of hydrogen-bond acceptors (Lipinski definition) is 4. The van der Waals surface area contributed by atoms with Crippen LogP contribution in [0.25, 0.3) is 0 Å². The highest BCUT2D eigenvalue weighted by molar-refractivity contribution is 5.30. The molecule has 1 unspecified atom stereocenters. The Kier molecular flexibility index (Phi) is 4.58. The van der Waals surface area contributed by atoms with E-state index in [1.54, 1.807) is 17.0 Å². The molecule has 0 aromatic carbocycles. The third-order valence-electron chi connectivity index (χ3n) is 3.76. The van der Waals surface area contributed by atoms with E-state index in [1.807, 2.05) is 0 Å². The lowest BCUT2D eigenvalue weighted by Gasteiger charge is -2.24. The Morgan fingerprint density at radius 3 is 2.95 bits per heavy atom. The number of hydrogen-bond donors (Lipinski definition) is 1. The number of rotatable bonds is 7. The summed E-state index contributed by atoms with van der Waals surface area (Å²) in [6, 6.07) is 1.14. The Morgan fingerprint density at radius 2 is 2.32 bits per heavy atom. The molecular weight excluding hydrogens is 240 g/mol. The first kappa shape index (κ1) is 14.1. The Hall–Kier alpha value is -1.36. The molecule has 0 saturated heterocycles. The van der Waals surface area contributed by atoms with Crippen molar-refractivity contribution in [1.82, 2.24) is 14.5 Å². The summed E-state index contributed by atoms with van der Waals surface area (Å²) in [5, 5.41) is 3.19. The summed E-state index contributed by atoms with van der Waals surface area (Å²) in [6.07, 6.45) is 6.98. The van der Waals surface area contributed by atoms with Crippen molar-refractivity contribution in [3.63, 3.8) is 0 Å². The Labute approximate surface area is 114 Å². The zero-order chi connectivity index (χ0) is 13.8. The van der Waals surface area contributed by atoms with Crippen LogP contribution in [0.5, 0.6) is 0 Å². The van der Waals surface area contributed by atoms with Gasteiger partial charge in [-0.1, -0.05) is 6.92 Å². The van der Waals surface area contributed by atoms with Crippen molar-refractivity contribution in [2.24, 2.45) is 0 Å². The molecule has 0 spiro atoms. The summed E-state index contributed by atoms with van der Waals surface area (Å²) < 4.78 is 1.71. The van der Waals surface area contributed by atoms with Gasteiger partial charge in [0.1, 0.15) is 0 Å². The predicted octanol–water partition coefficient (Wildman–Crippen LogP) is 1.55. The van der Waals surface area contributed by atoms with E-state index in [1.165, 1.54) is 12.8 Å². The van der Waals surface area contributed by atoms with E-state index < -0.39 is 0 Å². The maximum Gasteiger partial charge on any atom is 0.293 e. The smallest absolute Gasteiger partial charge is 0.293 e. The zero-order valence-corrected chi connectivity index (χ0v) is 12.1. The monoisotopic (exact) mass is 264 g/mol. The van der Waals surface area contributed by atoms with Crippen LogP contribution in [0.2, 0.25) is 0 Å². The molecule has 1 aliphatic carbocycles. The van der Waals surface area contributed by atoms with E-state index in [2.05, 4.69) is 36.1 Å². The lowest BCUT2D eigenvalue weighted by Crippen LogP contribution is -2.37. The normalized spacial score (nSPS) is 16.6. The van der Waals surface area contributed by atoms with Crippen LogP contribution in [0.3, 0.4) is 0 Å². The highest BCUT2D eigenvalue weighted by atomic mass is 16.1. The number of aromatic nitrogens is 2.